The summed E-state index contributed by atoms with van der Waals surface area (Å²) in [6.07, 6.45) is 2.41. The van der Waals surface area contributed by atoms with Crippen LogP contribution in [0.5, 0.6) is 5.75 Å². The van der Waals surface area contributed by atoms with Crippen molar-refractivity contribution in [2.75, 3.05) is 0 Å². The Labute approximate surface area is 225 Å². The zero-order valence-corrected chi connectivity index (χ0v) is 21.8. The summed E-state index contributed by atoms with van der Waals surface area (Å²) in [7, 11) is 0. The number of phenolic OH excluding ortho intramolecular Hbond substituents is 1. The molecule has 5 fully saturated rings. The van der Waals surface area contributed by atoms with Crippen LogP contribution in [0, 0.1) is 41.4 Å². The van der Waals surface area contributed by atoms with E-state index in [-0.39, 0.29) is 29.2 Å². The molecule has 0 heterocycles. The lowest BCUT2D eigenvalue weighted by atomic mass is 9.50. The molecule has 7 atom stereocenters. The number of Topliss-reactive ketones (excluding diaryl/α,β-unsaturated/α-hetero) is 2. The molecule has 2 unspecified atom stereocenters. The minimum atomic E-state index is -2.76. The molecule has 8 rings (SSSR count). The van der Waals surface area contributed by atoms with Gasteiger partial charge in [0.2, 0.25) is 5.91 Å². The number of carbonyl (C=O) groups excluding carboxylic acids is 3. The molecule has 0 aliphatic heterocycles. The van der Waals surface area contributed by atoms with E-state index in [0.717, 1.165) is 43.1 Å². The van der Waals surface area contributed by atoms with E-state index in [0.29, 0.717) is 17.4 Å². The summed E-state index contributed by atoms with van der Waals surface area (Å²) in [5.74, 6) is -6.32. The van der Waals surface area contributed by atoms with Gasteiger partial charge in [-0.3, -0.25) is 14.4 Å². The fourth-order valence-corrected chi connectivity index (χ4v) is 10.0. The van der Waals surface area contributed by atoms with E-state index in [4.69, 9.17) is 5.73 Å². The van der Waals surface area contributed by atoms with Crippen molar-refractivity contribution in [3.63, 3.8) is 0 Å². The summed E-state index contributed by atoms with van der Waals surface area (Å²) in [5.41, 5.74) is 3.54. The number of hydrogen-bond acceptors (Lipinski definition) is 8. The summed E-state index contributed by atoms with van der Waals surface area (Å²) < 4.78 is 0. The maximum atomic E-state index is 14.1. The SMILES string of the molecule is C[C@H]1c2ccc(C3C4CC5CC(C4)CC3C5)c(O)c2C(=O)C2=C(O)[C@]3(O)C(=O)C(C(N)=O)C(O)C[C@@H]3[C@@H](O)[C@@H]21. The highest BCUT2D eigenvalue weighted by atomic mass is 16.4. The first kappa shape index (κ1) is 25.2. The highest BCUT2D eigenvalue weighted by Gasteiger charge is 2.66. The van der Waals surface area contributed by atoms with Gasteiger partial charge in [-0.25, -0.2) is 0 Å². The van der Waals surface area contributed by atoms with Crippen molar-refractivity contribution < 1.29 is 39.9 Å². The van der Waals surface area contributed by atoms with Gasteiger partial charge in [-0.2, -0.15) is 0 Å². The number of aliphatic hydroxyl groups is 4. The molecule has 5 saturated carbocycles. The Morgan fingerprint density at radius 3 is 2.10 bits per heavy atom. The second-order valence-electron chi connectivity index (χ2n) is 13.2. The lowest BCUT2D eigenvalue weighted by Crippen LogP contribution is -2.67. The van der Waals surface area contributed by atoms with Crippen molar-refractivity contribution in [2.24, 2.45) is 47.2 Å². The molecule has 1 aromatic rings. The average molecular weight is 538 g/mol. The topological polar surface area (TPSA) is 178 Å². The smallest absolute Gasteiger partial charge is 0.230 e. The van der Waals surface area contributed by atoms with Crippen molar-refractivity contribution in [1.29, 1.82) is 0 Å². The first-order chi connectivity index (χ1) is 18.4. The second-order valence-corrected chi connectivity index (χ2v) is 13.2. The van der Waals surface area contributed by atoms with Gasteiger partial charge in [0.25, 0.3) is 0 Å². The van der Waals surface area contributed by atoms with Gasteiger partial charge in [0.1, 0.15) is 17.4 Å². The van der Waals surface area contributed by atoms with E-state index < -0.39 is 64.7 Å². The molecule has 7 N–H and O–H groups in total. The number of fused-ring (bicyclic) bond motifs is 3. The molecule has 9 heteroatoms. The van der Waals surface area contributed by atoms with E-state index in [9.17, 15) is 39.9 Å². The third kappa shape index (κ3) is 3.09. The molecule has 39 heavy (non-hydrogen) atoms. The number of ketones is 2. The van der Waals surface area contributed by atoms with Crippen LogP contribution in [-0.2, 0) is 9.59 Å². The maximum absolute atomic E-state index is 14.1. The molecule has 208 valence electrons. The number of carbonyl (C=O) groups is 3. The van der Waals surface area contributed by atoms with Gasteiger partial charge in [0, 0.05) is 17.4 Å². The highest BCUT2D eigenvalue weighted by molar-refractivity contribution is 6.16. The van der Waals surface area contributed by atoms with Gasteiger partial charge < -0.3 is 31.3 Å². The Morgan fingerprint density at radius 1 is 0.923 bits per heavy atom. The first-order valence-electron chi connectivity index (χ1n) is 14.2. The number of benzene rings is 1. The second kappa shape index (κ2) is 8.15. The minimum Gasteiger partial charge on any atom is -0.508 e. The van der Waals surface area contributed by atoms with Crippen LogP contribution in [0.2, 0.25) is 0 Å². The molecule has 0 saturated heterocycles. The maximum Gasteiger partial charge on any atom is 0.230 e. The standard InChI is InChI=1S/C30H35NO8/c1-10-15-2-3-16(20-13-5-11-4-12(7-13)8-14(20)6-11)24(33)21(15)26(35)23-19(10)25(34)17-9-18(32)22(29(31)38)27(36)30(17,39)28(23)37/h2-3,10-14,17-20,22,25,32-34,37,39H,4-9H2,1H3,(H2,31,38)/t10-,11?,12?,13?,14?,17+,18?,19+,20?,22?,25+,30+/m0/s1. The van der Waals surface area contributed by atoms with Crippen LogP contribution in [0.1, 0.15) is 78.8 Å². The summed E-state index contributed by atoms with van der Waals surface area (Å²) >= 11 is 0. The zero-order chi connectivity index (χ0) is 27.7. The van der Waals surface area contributed by atoms with Crippen LogP contribution in [-0.4, -0.2) is 60.8 Å². The van der Waals surface area contributed by atoms with Crippen molar-refractivity contribution in [3.8, 4) is 5.75 Å². The van der Waals surface area contributed by atoms with Crippen LogP contribution in [0.15, 0.2) is 23.5 Å². The highest BCUT2D eigenvalue weighted by Crippen LogP contribution is 2.62. The number of rotatable bonds is 2. The molecule has 1 amide bonds. The lowest BCUT2D eigenvalue weighted by Gasteiger charge is -2.55. The number of phenols is 1. The Balaban J connectivity index is 1.35. The van der Waals surface area contributed by atoms with E-state index >= 15 is 0 Å². The van der Waals surface area contributed by atoms with Gasteiger partial charge in [-0.15, -0.1) is 0 Å². The molecule has 7 aliphatic carbocycles. The zero-order valence-electron chi connectivity index (χ0n) is 21.8. The largest absolute Gasteiger partial charge is 0.508 e. The number of primary amides is 1. The molecule has 7 aliphatic rings. The molecule has 0 aromatic heterocycles. The van der Waals surface area contributed by atoms with Crippen molar-refractivity contribution in [1.82, 2.24) is 0 Å². The Hall–Kier alpha value is -2.75. The fraction of sp³-hybridized carbons (Fsp3) is 0.633. The Kier molecular flexibility index (Phi) is 5.27. The summed E-state index contributed by atoms with van der Waals surface area (Å²) in [6, 6.07) is 3.75. The van der Waals surface area contributed by atoms with E-state index in [2.05, 4.69) is 0 Å². The predicted molar refractivity (Wildman–Crippen MR) is 137 cm³/mol. The third-order valence-corrected chi connectivity index (χ3v) is 11.4. The molecular formula is C30H35NO8. The summed E-state index contributed by atoms with van der Waals surface area (Å²) in [4.78, 5) is 39.3. The van der Waals surface area contributed by atoms with Crippen molar-refractivity contribution in [3.05, 3.63) is 40.2 Å². The molecular weight excluding hydrogens is 502 g/mol. The summed E-state index contributed by atoms with van der Waals surface area (Å²) in [6.45, 7) is 1.77. The van der Waals surface area contributed by atoms with Crippen LogP contribution in [0.3, 0.4) is 0 Å². The van der Waals surface area contributed by atoms with Crippen LogP contribution in [0.4, 0.5) is 0 Å². The molecule has 1 aromatic carbocycles. The number of amides is 1. The Morgan fingerprint density at radius 2 is 1.51 bits per heavy atom. The lowest BCUT2D eigenvalue weighted by molar-refractivity contribution is -0.179. The molecule has 0 spiro atoms. The molecule has 0 radical (unpaired) electrons. The quantitative estimate of drug-likeness (QED) is 0.309. The van der Waals surface area contributed by atoms with Gasteiger partial charge in [0.05, 0.1) is 17.8 Å². The first-order valence-corrected chi connectivity index (χ1v) is 14.2. The van der Waals surface area contributed by atoms with Gasteiger partial charge >= 0.3 is 0 Å². The van der Waals surface area contributed by atoms with E-state index in [1.165, 1.54) is 6.42 Å². The van der Waals surface area contributed by atoms with Crippen molar-refractivity contribution >= 4 is 17.5 Å². The minimum absolute atomic E-state index is 0.0376. The number of aliphatic hydroxyl groups excluding tert-OH is 3. The average Bonchev–Trinajstić information content (AvgIpc) is 2.86. The van der Waals surface area contributed by atoms with Crippen LogP contribution >= 0.6 is 0 Å². The predicted octanol–water partition coefficient (Wildman–Crippen LogP) is 1.82. The monoisotopic (exact) mass is 537 g/mol. The normalized spacial score (nSPS) is 46.1. The number of aromatic hydroxyl groups is 1. The van der Waals surface area contributed by atoms with Gasteiger partial charge in [-0.1, -0.05) is 19.1 Å². The number of nitrogens with two attached hydrogens (primary N) is 1. The summed E-state index contributed by atoms with van der Waals surface area (Å²) in [5, 5.41) is 56.5. The van der Waals surface area contributed by atoms with Crippen LogP contribution < -0.4 is 5.73 Å². The van der Waals surface area contributed by atoms with Crippen molar-refractivity contribution in [2.45, 2.75) is 75.1 Å². The molecule has 4 bridgehead atoms. The Bertz CT molecular complexity index is 1320. The fourth-order valence-electron chi connectivity index (χ4n) is 10.0. The van der Waals surface area contributed by atoms with E-state index in [1.54, 1.807) is 6.92 Å². The van der Waals surface area contributed by atoms with Gasteiger partial charge in [-0.05, 0) is 85.2 Å². The van der Waals surface area contributed by atoms with Gasteiger partial charge in [0.15, 0.2) is 17.2 Å². The third-order valence-electron chi connectivity index (χ3n) is 11.4. The number of hydrogen-bond donors (Lipinski definition) is 6. The van der Waals surface area contributed by atoms with Crippen LogP contribution in [0.25, 0.3) is 0 Å². The molecule has 9 nitrogen and oxygen atoms in total. The van der Waals surface area contributed by atoms with E-state index in [1.807, 2.05) is 12.1 Å².